The van der Waals surface area contributed by atoms with Gasteiger partial charge in [0.15, 0.2) is 0 Å². The van der Waals surface area contributed by atoms with E-state index in [1.165, 1.54) is 11.4 Å². The molecule has 2 aliphatic heterocycles. The van der Waals surface area contributed by atoms with Gasteiger partial charge in [0, 0.05) is 57.4 Å². The maximum atomic E-state index is 5.98. The molecule has 2 heterocycles. The molecule has 104 valence electrons. The van der Waals surface area contributed by atoms with Gasteiger partial charge >= 0.3 is 0 Å². The average Bonchev–Trinajstić information content (AvgIpc) is 2.59. The van der Waals surface area contributed by atoms with Gasteiger partial charge in [-0.15, -0.1) is 0 Å². The fourth-order valence-electron chi connectivity index (χ4n) is 2.90. The molecule has 0 aromatic heterocycles. The summed E-state index contributed by atoms with van der Waals surface area (Å²) in [7, 11) is 2.15. The SMILES string of the molecule is CC1COc2cc(N3CCNCC3)ccc2N(C)C1. The highest BCUT2D eigenvalue weighted by Gasteiger charge is 2.19. The van der Waals surface area contributed by atoms with E-state index in [4.69, 9.17) is 4.74 Å². The molecular formula is C15H23N3O. The van der Waals surface area contributed by atoms with Crippen LogP contribution in [0.1, 0.15) is 6.92 Å². The first-order valence-electron chi connectivity index (χ1n) is 7.17. The van der Waals surface area contributed by atoms with Crippen molar-refractivity contribution in [1.82, 2.24) is 5.32 Å². The Hall–Kier alpha value is -1.42. The number of hydrogen-bond acceptors (Lipinski definition) is 4. The molecule has 0 saturated carbocycles. The lowest BCUT2D eigenvalue weighted by Crippen LogP contribution is -2.43. The molecule has 1 aromatic carbocycles. The second-order valence-electron chi connectivity index (χ2n) is 5.69. The highest BCUT2D eigenvalue weighted by molar-refractivity contribution is 5.66. The number of nitrogens with one attached hydrogen (secondary N) is 1. The molecule has 0 spiro atoms. The van der Waals surface area contributed by atoms with Crippen LogP contribution < -0.4 is 19.9 Å². The van der Waals surface area contributed by atoms with Gasteiger partial charge in [0.05, 0.1) is 12.3 Å². The molecule has 2 aliphatic rings. The third kappa shape index (κ3) is 2.63. The predicted molar refractivity (Wildman–Crippen MR) is 79.5 cm³/mol. The molecule has 19 heavy (non-hydrogen) atoms. The Morgan fingerprint density at radius 1 is 1.26 bits per heavy atom. The Morgan fingerprint density at radius 3 is 2.84 bits per heavy atom. The summed E-state index contributed by atoms with van der Waals surface area (Å²) in [5.74, 6) is 1.60. The van der Waals surface area contributed by atoms with Crippen LogP contribution in [0.3, 0.4) is 0 Å². The van der Waals surface area contributed by atoms with E-state index in [1.807, 2.05) is 0 Å². The van der Waals surface area contributed by atoms with Gasteiger partial charge in [-0.25, -0.2) is 0 Å². The highest BCUT2D eigenvalue weighted by Crippen LogP contribution is 2.34. The molecule has 0 bridgehead atoms. The summed E-state index contributed by atoms with van der Waals surface area (Å²) in [5.41, 5.74) is 2.49. The Kier molecular flexibility index (Phi) is 3.51. The first-order valence-corrected chi connectivity index (χ1v) is 7.17. The molecule has 0 amide bonds. The number of piperazine rings is 1. The lowest BCUT2D eigenvalue weighted by atomic mass is 10.2. The second-order valence-corrected chi connectivity index (χ2v) is 5.69. The zero-order chi connectivity index (χ0) is 13.2. The van der Waals surface area contributed by atoms with Crippen molar-refractivity contribution in [2.45, 2.75) is 6.92 Å². The monoisotopic (exact) mass is 261 g/mol. The molecule has 4 nitrogen and oxygen atoms in total. The van der Waals surface area contributed by atoms with Crippen molar-refractivity contribution in [3.05, 3.63) is 18.2 Å². The molecule has 0 radical (unpaired) electrons. The molecule has 0 aliphatic carbocycles. The molecule has 4 heteroatoms. The number of nitrogens with zero attached hydrogens (tertiary/aromatic N) is 2. The van der Waals surface area contributed by atoms with Crippen LogP contribution in [0.5, 0.6) is 5.75 Å². The number of benzene rings is 1. The zero-order valence-corrected chi connectivity index (χ0v) is 11.9. The summed E-state index contributed by atoms with van der Waals surface area (Å²) in [6.45, 7) is 8.38. The largest absolute Gasteiger partial charge is 0.491 e. The van der Waals surface area contributed by atoms with Crippen LogP contribution in [-0.2, 0) is 0 Å². The summed E-state index contributed by atoms with van der Waals surface area (Å²) in [6.07, 6.45) is 0. The third-order valence-corrected chi connectivity index (χ3v) is 3.95. The van der Waals surface area contributed by atoms with Crippen molar-refractivity contribution >= 4 is 11.4 Å². The minimum atomic E-state index is 0.569. The summed E-state index contributed by atoms with van der Waals surface area (Å²) >= 11 is 0. The van der Waals surface area contributed by atoms with Gasteiger partial charge in [0.1, 0.15) is 5.75 Å². The van der Waals surface area contributed by atoms with E-state index in [9.17, 15) is 0 Å². The lowest BCUT2D eigenvalue weighted by molar-refractivity contribution is 0.274. The van der Waals surface area contributed by atoms with E-state index < -0.39 is 0 Å². The summed E-state index contributed by atoms with van der Waals surface area (Å²) < 4.78 is 5.98. The number of hydrogen-bond donors (Lipinski definition) is 1. The van der Waals surface area contributed by atoms with Gasteiger partial charge in [-0.1, -0.05) is 6.92 Å². The maximum absolute atomic E-state index is 5.98. The predicted octanol–water partition coefficient (Wildman–Crippen LogP) is 1.56. The van der Waals surface area contributed by atoms with Crippen LogP contribution in [0.25, 0.3) is 0 Å². The number of anilines is 2. The van der Waals surface area contributed by atoms with E-state index in [-0.39, 0.29) is 0 Å². The van der Waals surface area contributed by atoms with E-state index >= 15 is 0 Å². The van der Waals surface area contributed by atoms with Crippen molar-refractivity contribution in [2.75, 3.05) is 56.2 Å². The average molecular weight is 261 g/mol. The molecule has 1 saturated heterocycles. The number of fused-ring (bicyclic) bond motifs is 1. The van der Waals surface area contributed by atoms with Crippen molar-refractivity contribution < 1.29 is 4.74 Å². The van der Waals surface area contributed by atoms with Gasteiger partial charge in [-0.05, 0) is 12.1 Å². The van der Waals surface area contributed by atoms with Gasteiger partial charge in [-0.2, -0.15) is 0 Å². The van der Waals surface area contributed by atoms with E-state index in [1.54, 1.807) is 0 Å². The Balaban J connectivity index is 1.86. The minimum Gasteiger partial charge on any atom is -0.491 e. The van der Waals surface area contributed by atoms with E-state index in [2.05, 4.69) is 47.3 Å². The van der Waals surface area contributed by atoms with Gasteiger partial charge in [0.2, 0.25) is 0 Å². The number of rotatable bonds is 1. The van der Waals surface area contributed by atoms with Crippen molar-refractivity contribution in [3.8, 4) is 5.75 Å². The minimum absolute atomic E-state index is 0.569. The second kappa shape index (κ2) is 5.29. The Labute approximate surface area is 115 Å². The first-order chi connectivity index (χ1) is 9.24. The first kappa shape index (κ1) is 12.6. The zero-order valence-electron chi connectivity index (χ0n) is 11.9. The third-order valence-electron chi connectivity index (χ3n) is 3.95. The van der Waals surface area contributed by atoms with E-state index in [0.717, 1.165) is 45.1 Å². The van der Waals surface area contributed by atoms with Gasteiger partial charge < -0.3 is 19.9 Å². The van der Waals surface area contributed by atoms with Crippen molar-refractivity contribution in [1.29, 1.82) is 0 Å². The Bertz CT molecular complexity index is 443. The summed E-state index contributed by atoms with van der Waals surface area (Å²) in [6, 6.07) is 6.62. The van der Waals surface area contributed by atoms with Crippen LogP contribution in [0, 0.1) is 5.92 Å². The molecule has 1 fully saturated rings. The van der Waals surface area contributed by atoms with Crippen LogP contribution >= 0.6 is 0 Å². The van der Waals surface area contributed by atoms with E-state index in [0.29, 0.717) is 5.92 Å². The molecule has 3 rings (SSSR count). The van der Waals surface area contributed by atoms with Crippen LogP contribution in [0.15, 0.2) is 18.2 Å². The Morgan fingerprint density at radius 2 is 2.05 bits per heavy atom. The summed E-state index contributed by atoms with van der Waals surface area (Å²) in [4.78, 5) is 4.73. The van der Waals surface area contributed by atoms with Crippen LogP contribution in [-0.4, -0.2) is 46.4 Å². The molecule has 1 unspecified atom stereocenters. The van der Waals surface area contributed by atoms with Crippen LogP contribution in [0.2, 0.25) is 0 Å². The fourth-order valence-corrected chi connectivity index (χ4v) is 2.90. The van der Waals surface area contributed by atoms with Crippen molar-refractivity contribution in [2.24, 2.45) is 5.92 Å². The van der Waals surface area contributed by atoms with Crippen molar-refractivity contribution in [3.63, 3.8) is 0 Å². The topological polar surface area (TPSA) is 27.7 Å². The standard InChI is InChI=1S/C15H23N3O/c1-12-10-17(2)14-4-3-13(9-15(14)19-11-12)18-7-5-16-6-8-18/h3-4,9,12,16H,5-8,10-11H2,1-2H3. The summed E-state index contributed by atoms with van der Waals surface area (Å²) in [5, 5.41) is 3.39. The quantitative estimate of drug-likeness (QED) is 0.830. The number of ether oxygens (including phenoxy) is 1. The lowest BCUT2D eigenvalue weighted by Gasteiger charge is -2.30. The highest BCUT2D eigenvalue weighted by atomic mass is 16.5. The molecule has 1 atom stereocenters. The normalized spacial score (nSPS) is 23.6. The van der Waals surface area contributed by atoms with Crippen LogP contribution in [0.4, 0.5) is 11.4 Å². The molecular weight excluding hydrogens is 238 g/mol. The molecule has 1 N–H and O–H groups in total. The fraction of sp³-hybridized carbons (Fsp3) is 0.600. The molecule has 1 aromatic rings. The van der Waals surface area contributed by atoms with Gasteiger partial charge in [-0.3, -0.25) is 0 Å². The smallest absolute Gasteiger partial charge is 0.144 e. The maximum Gasteiger partial charge on any atom is 0.144 e. The van der Waals surface area contributed by atoms with Gasteiger partial charge in [0.25, 0.3) is 0 Å².